The smallest absolute Gasteiger partial charge is 0.0700 e. The van der Waals surface area contributed by atoms with Gasteiger partial charge in [0.25, 0.3) is 0 Å². The normalized spacial score (nSPS) is 11.1. The molecule has 0 bridgehead atoms. The summed E-state index contributed by atoms with van der Waals surface area (Å²) in [6.45, 7) is 4.65. The van der Waals surface area contributed by atoms with Crippen LogP contribution < -0.4 is 0 Å². The Morgan fingerprint density at radius 1 is 0.526 bits per heavy atom. The fourth-order valence-electron chi connectivity index (χ4n) is 2.29. The van der Waals surface area contributed by atoms with Gasteiger partial charge in [0.2, 0.25) is 0 Å². The Labute approximate surface area is 121 Å². The molecule has 0 rings (SSSR count). The Bertz CT molecular complexity index is 132. The molecule has 19 heavy (non-hydrogen) atoms. The number of unbranched alkanes of at least 4 members (excludes halogenated alkanes) is 11. The third-order valence-electron chi connectivity index (χ3n) is 3.57. The number of hydrogen-bond donors (Lipinski definition) is 0. The largest absolute Gasteiger partial charge is 0.382 e. The van der Waals surface area contributed by atoms with Gasteiger partial charge in [-0.25, -0.2) is 0 Å². The van der Waals surface area contributed by atoms with E-state index >= 15 is 0 Å². The van der Waals surface area contributed by atoms with Crippen LogP contribution in [-0.4, -0.2) is 26.9 Å². The Balaban J connectivity index is 2.88. The molecule has 0 aromatic rings. The molecule has 0 aliphatic heterocycles. The number of ether oxygens (including phenoxy) is 2. The van der Waals surface area contributed by atoms with Gasteiger partial charge in [-0.05, 0) is 6.42 Å². The lowest BCUT2D eigenvalue weighted by Gasteiger charge is -2.04. The summed E-state index contributed by atoms with van der Waals surface area (Å²) in [7, 11) is 1.72. The molecule has 0 aromatic heterocycles. The van der Waals surface area contributed by atoms with Gasteiger partial charge in [-0.3, -0.25) is 0 Å². The van der Waals surface area contributed by atoms with Gasteiger partial charge in [-0.2, -0.15) is 0 Å². The van der Waals surface area contributed by atoms with E-state index in [0.717, 1.165) is 19.8 Å². The van der Waals surface area contributed by atoms with Crippen molar-refractivity contribution in [3.63, 3.8) is 0 Å². The molecule has 0 saturated heterocycles. The molecule has 2 heteroatoms. The Kier molecular flexibility index (Phi) is 17.8. The first-order valence-corrected chi connectivity index (χ1v) is 8.48. The van der Waals surface area contributed by atoms with Crippen LogP contribution in [0.5, 0.6) is 0 Å². The first kappa shape index (κ1) is 18.9. The van der Waals surface area contributed by atoms with E-state index in [9.17, 15) is 0 Å². The molecule has 0 saturated carbocycles. The predicted octanol–water partition coefficient (Wildman–Crippen LogP) is 5.35. The van der Waals surface area contributed by atoms with Crippen LogP contribution in [0.3, 0.4) is 0 Å². The monoisotopic (exact) mass is 272 g/mol. The first-order valence-electron chi connectivity index (χ1n) is 8.48. The van der Waals surface area contributed by atoms with Crippen LogP contribution in [0.15, 0.2) is 0 Å². The van der Waals surface area contributed by atoms with E-state index in [4.69, 9.17) is 9.47 Å². The molecule has 0 amide bonds. The first-order chi connectivity index (χ1) is 9.41. The standard InChI is InChI=1S/C17H36O2/c1-3-4-5-6-7-8-9-10-11-12-13-14-15-19-17-16-18-2/h3-17H2,1-2H3. The van der Waals surface area contributed by atoms with Crippen molar-refractivity contribution in [2.45, 2.75) is 84.0 Å². The van der Waals surface area contributed by atoms with Crippen molar-refractivity contribution in [2.24, 2.45) is 0 Å². The number of methoxy groups -OCH3 is 1. The molecular formula is C17H36O2. The summed E-state index contributed by atoms with van der Waals surface area (Å²) in [6.07, 6.45) is 16.8. The fourth-order valence-corrected chi connectivity index (χ4v) is 2.29. The lowest BCUT2D eigenvalue weighted by molar-refractivity contribution is 0.0685. The molecule has 0 N–H and O–H groups in total. The van der Waals surface area contributed by atoms with Crippen molar-refractivity contribution in [1.82, 2.24) is 0 Å². The quantitative estimate of drug-likeness (QED) is 0.353. The third kappa shape index (κ3) is 17.9. The van der Waals surface area contributed by atoms with Crippen molar-refractivity contribution in [3.05, 3.63) is 0 Å². The molecule has 0 unspecified atom stereocenters. The molecule has 0 heterocycles. The number of rotatable bonds is 16. The Morgan fingerprint density at radius 3 is 1.47 bits per heavy atom. The zero-order valence-corrected chi connectivity index (χ0v) is 13.4. The summed E-state index contributed by atoms with van der Waals surface area (Å²) >= 11 is 0. The van der Waals surface area contributed by atoms with Gasteiger partial charge in [0.05, 0.1) is 13.2 Å². The van der Waals surface area contributed by atoms with Crippen LogP contribution in [0.1, 0.15) is 84.0 Å². The maximum absolute atomic E-state index is 5.44. The molecule has 0 atom stereocenters. The Morgan fingerprint density at radius 2 is 1.00 bits per heavy atom. The zero-order chi connectivity index (χ0) is 14.0. The average Bonchev–Trinajstić information content (AvgIpc) is 2.43. The molecule has 0 aromatic carbocycles. The van der Waals surface area contributed by atoms with Crippen LogP contribution >= 0.6 is 0 Å². The van der Waals surface area contributed by atoms with E-state index in [-0.39, 0.29) is 0 Å². The summed E-state index contributed by atoms with van der Waals surface area (Å²) in [5, 5.41) is 0. The average molecular weight is 272 g/mol. The van der Waals surface area contributed by atoms with Gasteiger partial charge in [-0.15, -0.1) is 0 Å². The van der Waals surface area contributed by atoms with E-state index in [2.05, 4.69) is 6.92 Å². The SMILES string of the molecule is CCCCCCCCCCCCCCOCCOC. The zero-order valence-electron chi connectivity index (χ0n) is 13.4. The predicted molar refractivity (Wildman–Crippen MR) is 83.8 cm³/mol. The molecule has 116 valence electrons. The van der Waals surface area contributed by atoms with E-state index in [0.29, 0.717) is 0 Å². The van der Waals surface area contributed by atoms with Crippen molar-refractivity contribution in [2.75, 3.05) is 26.9 Å². The van der Waals surface area contributed by atoms with Crippen molar-refractivity contribution in [3.8, 4) is 0 Å². The minimum atomic E-state index is 0.720. The molecule has 0 aliphatic rings. The molecule has 2 nitrogen and oxygen atoms in total. The molecule has 0 fully saturated rings. The van der Waals surface area contributed by atoms with Crippen LogP contribution in [-0.2, 0) is 9.47 Å². The maximum Gasteiger partial charge on any atom is 0.0700 e. The van der Waals surface area contributed by atoms with Crippen LogP contribution in [0.2, 0.25) is 0 Å². The highest BCUT2D eigenvalue weighted by Crippen LogP contribution is 2.11. The van der Waals surface area contributed by atoms with Crippen LogP contribution in [0.4, 0.5) is 0 Å². The molecule has 0 spiro atoms. The van der Waals surface area contributed by atoms with Gasteiger partial charge in [0.1, 0.15) is 0 Å². The second kappa shape index (κ2) is 17.9. The maximum atomic E-state index is 5.44. The second-order valence-corrected chi connectivity index (χ2v) is 5.49. The highest BCUT2D eigenvalue weighted by molar-refractivity contribution is 4.48. The summed E-state index contributed by atoms with van der Waals surface area (Å²) in [5.74, 6) is 0. The van der Waals surface area contributed by atoms with E-state index in [1.165, 1.54) is 77.0 Å². The van der Waals surface area contributed by atoms with Gasteiger partial charge in [-0.1, -0.05) is 77.6 Å². The lowest BCUT2D eigenvalue weighted by Crippen LogP contribution is -2.02. The number of hydrogen-bond acceptors (Lipinski definition) is 2. The third-order valence-corrected chi connectivity index (χ3v) is 3.57. The van der Waals surface area contributed by atoms with Crippen LogP contribution in [0.25, 0.3) is 0 Å². The molecule has 0 aliphatic carbocycles. The van der Waals surface area contributed by atoms with Crippen molar-refractivity contribution < 1.29 is 9.47 Å². The van der Waals surface area contributed by atoms with Gasteiger partial charge in [0.15, 0.2) is 0 Å². The lowest BCUT2D eigenvalue weighted by atomic mass is 10.1. The van der Waals surface area contributed by atoms with E-state index < -0.39 is 0 Å². The van der Waals surface area contributed by atoms with Gasteiger partial charge in [0, 0.05) is 13.7 Å². The van der Waals surface area contributed by atoms with Gasteiger partial charge < -0.3 is 9.47 Å². The minimum Gasteiger partial charge on any atom is -0.382 e. The van der Waals surface area contributed by atoms with E-state index in [1.54, 1.807) is 7.11 Å². The highest BCUT2D eigenvalue weighted by Gasteiger charge is 1.93. The van der Waals surface area contributed by atoms with Crippen molar-refractivity contribution in [1.29, 1.82) is 0 Å². The van der Waals surface area contributed by atoms with Gasteiger partial charge >= 0.3 is 0 Å². The molecular weight excluding hydrogens is 236 g/mol. The summed E-state index contributed by atoms with van der Waals surface area (Å²) < 4.78 is 10.4. The van der Waals surface area contributed by atoms with E-state index in [1.807, 2.05) is 0 Å². The van der Waals surface area contributed by atoms with Crippen molar-refractivity contribution >= 4 is 0 Å². The summed E-state index contributed by atoms with van der Waals surface area (Å²) in [6, 6.07) is 0. The summed E-state index contributed by atoms with van der Waals surface area (Å²) in [4.78, 5) is 0. The minimum absolute atomic E-state index is 0.720. The van der Waals surface area contributed by atoms with Crippen LogP contribution in [0, 0.1) is 0 Å². The second-order valence-electron chi connectivity index (χ2n) is 5.49. The highest BCUT2D eigenvalue weighted by atomic mass is 16.5. The fraction of sp³-hybridized carbons (Fsp3) is 1.00. The molecule has 0 radical (unpaired) electrons. The summed E-state index contributed by atoms with van der Waals surface area (Å²) in [5.41, 5.74) is 0. The topological polar surface area (TPSA) is 18.5 Å². The Hall–Kier alpha value is -0.0800.